The summed E-state index contributed by atoms with van der Waals surface area (Å²) in [4.78, 5) is 4.37. The van der Waals surface area contributed by atoms with Gasteiger partial charge in [0.1, 0.15) is 0 Å². The van der Waals surface area contributed by atoms with E-state index < -0.39 is 0 Å². The maximum absolute atomic E-state index is 4.37. The van der Waals surface area contributed by atoms with Gasteiger partial charge in [0, 0.05) is 24.5 Å². The van der Waals surface area contributed by atoms with Gasteiger partial charge in [-0.15, -0.1) is 0 Å². The fourth-order valence-corrected chi connectivity index (χ4v) is 2.19. The third kappa shape index (κ3) is 3.65. The molecule has 0 saturated carbocycles. The minimum absolute atomic E-state index is 0.888. The van der Waals surface area contributed by atoms with Crippen molar-refractivity contribution in [2.24, 2.45) is 0 Å². The van der Waals surface area contributed by atoms with E-state index in [2.05, 4.69) is 55.3 Å². The lowest BCUT2D eigenvalue weighted by Crippen LogP contribution is -2.13. The van der Waals surface area contributed by atoms with Crippen LogP contribution < -0.4 is 5.32 Å². The summed E-state index contributed by atoms with van der Waals surface area (Å²) in [5, 5.41) is 3.42. The van der Waals surface area contributed by atoms with Crippen LogP contribution in [0.4, 0.5) is 0 Å². The lowest BCUT2D eigenvalue weighted by molar-refractivity contribution is 0.674. The van der Waals surface area contributed by atoms with E-state index in [-0.39, 0.29) is 0 Å². The first kappa shape index (κ1) is 13.8. The summed E-state index contributed by atoms with van der Waals surface area (Å²) in [6, 6.07) is 8.79. The highest BCUT2D eigenvalue weighted by atomic mass is 14.8. The number of nitrogens with one attached hydrogen (secondary N) is 1. The number of pyridine rings is 1. The highest BCUT2D eigenvalue weighted by Crippen LogP contribution is 2.24. The van der Waals surface area contributed by atoms with Crippen LogP contribution in [0.2, 0.25) is 0 Å². The van der Waals surface area contributed by atoms with Crippen molar-refractivity contribution in [2.75, 3.05) is 6.54 Å². The van der Waals surface area contributed by atoms with E-state index in [1.165, 1.54) is 27.8 Å². The van der Waals surface area contributed by atoms with Gasteiger partial charge in [0.25, 0.3) is 0 Å². The molecule has 0 radical (unpaired) electrons. The zero-order chi connectivity index (χ0) is 13.7. The van der Waals surface area contributed by atoms with Crippen LogP contribution in [0.1, 0.15) is 30.0 Å². The Hall–Kier alpha value is -1.67. The average Bonchev–Trinajstić information content (AvgIpc) is 2.42. The zero-order valence-electron chi connectivity index (χ0n) is 12.0. The van der Waals surface area contributed by atoms with Crippen LogP contribution in [-0.4, -0.2) is 11.5 Å². The molecule has 1 N–H and O–H groups in total. The van der Waals surface area contributed by atoms with E-state index in [0.717, 1.165) is 19.5 Å². The van der Waals surface area contributed by atoms with Crippen molar-refractivity contribution in [2.45, 2.75) is 33.7 Å². The molecular formula is C17H22N2. The SMILES string of the molecule is CCCNCc1cncc(-c2cc(C)ccc2C)c1. The molecule has 1 aromatic carbocycles. The predicted octanol–water partition coefficient (Wildman–Crippen LogP) is 3.87. The lowest BCUT2D eigenvalue weighted by Gasteiger charge is -2.09. The summed E-state index contributed by atoms with van der Waals surface area (Å²) in [5.74, 6) is 0. The minimum atomic E-state index is 0.888. The normalized spacial score (nSPS) is 10.7. The maximum Gasteiger partial charge on any atom is 0.0346 e. The average molecular weight is 254 g/mol. The Bertz CT molecular complexity index is 547. The number of rotatable bonds is 5. The molecule has 0 aliphatic rings. The van der Waals surface area contributed by atoms with E-state index in [0.29, 0.717) is 0 Å². The molecule has 0 fully saturated rings. The Balaban J connectivity index is 2.24. The van der Waals surface area contributed by atoms with E-state index in [9.17, 15) is 0 Å². The number of aromatic nitrogens is 1. The van der Waals surface area contributed by atoms with Crippen LogP contribution in [0, 0.1) is 13.8 Å². The summed E-state index contributed by atoms with van der Waals surface area (Å²) in [5.41, 5.74) is 6.31. The van der Waals surface area contributed by atoms with Gasteiger partial charge in [-0.05, 0) is 49.6 Å². The van der Waals surface area contributed by atoms with E-state index in [1.54, 1.807) is 0 Å². The largest absolute Gasteiger partial charge is 0.313 e. The molecule has 0 saturated heterocycles. The third-order valence-corrected chi connectivity index (χ3v) is 3.25. The number of nitrogens with zero attached hydrogens (tertiary/aromatic N) is 1. The topological polar surface area (TPSA) is 24.9 Å². The molecule has 19 heavy (non-hydrogen) atoms. The number of benzene rings is 1. The maximum atomic E-state index is 4.37. The van der Waals surface area contributed by atoms with Crippen LogP contribution in [0.25, 0.3) is 11.1 Å². The standard InChI is InChI=1S/C17H22N2/c1-4-7-18-10-15-9-16(12-19-11-15)17-8-13(2)5-6-14(17)3/h5-6,8-9,11-12,18H,4,7,10H2,1-3H3. The molecule has 0 atom stereocenters. The number of hydrogen-bond donors (Lipinski definition) is 1. The molecule has 1 heterocycles. The molecule has 0 aliphatic carbocycles. The third-order valence-electron chi connectivity index (χ3n) is 3.25. The second-order valence-corrected chi connectivity index (χ2v) is 5.08. The Labute approximate surface area is 115 Å². The first-order chi connectivity index (χ1) is 9.20. The fraction of sp³-hybridized carbons (Fsp3) is 0.353. The van der Waals surface area contributed by atoms with Crippen molar-refractivity contribution in [3.05, 3.63) is 53.3 Å². The molecule has 0 aliphatic heterocycles. The van der Waals surface area contributed by atoms with Gasteiger partial charge in [-0.1, -0.05) is 30.7 Å². The fourth-order valence-electron chi connectivity index (χ4n) is 2.19. The van der Waals surface area contributed by atoms with Crippen LogP contribution in [-0.2, 0) is 6.54 Å². The zero-order valence-corrected chi connectivity index (χ0v) is 12.0. The van der Waals surface area contributed by atoms with Gasteiger partial charge in [-0.3, -0.25) is 4.98 Å². The lowest BCUT2D eigenvalue weighted by atomic mass is 9.99. The molecule has 0 spiro atoms. The Morgan fingerprint density at radius 3 is 2.74 bits per heavy atom. The van der Waals surface area contributed by atoms with Crippen LogP contribution in [0.5, 0.6) is 0 Å². The number of aryl methyl sites for hydroxylation is 2. The van der Waals surface area contributed by atoms with Gasteiger partial charge in [0.05, 0.1) is 0 Å². The van der Waals surface area contributed by atoms with Crippen LogP contribution in [0.15, 0.2) is 36.7 Å². The monoisotopic (exact) mass is 254 g/mol. The Morgan fingerprint density at radius 1 is 1.11 bits per heavy atom. The van der Waals surface area contributed by atoms with Gasteiger partial charge in [0.2, 0.25) is 0 Å². The van der Waals surface area contributed by atoms with Crippen molar-refractivity contribution in [3.63, 3.8) is 0 Å². The van der Waals surface area contributed by atoms with E-state index in [4.69, 9.17) is 0 Å². The molecule has 2 heteroatoms. The highest BCUT2D eigenvalue weighted by molar-refractivity contribution is 5.67. The predicted molar refractivity (Wildman–Crippen MR) is 81.1 cm³/mol. The van der Waals surface area contributed by atoms with Crippen LogP contribution in [0.3, 0.4) is 0 Å². The molecule has 2 nitrogen and oxygen atoms in total. The van der Waals surface area contributed by atoms with Crippen molar-refractivity contribution >= 4 is 0 Å². The quantitative estimate of drug-likeness (QED) is 0.819. The molecule has 1 aromatic heterocycles. The molecule has 2 aromatic rings. The van der Waals surface area contributed by atoms with E-state index >= 15 is 0 Å². The van der Waals surface area contributed by atoms with Crippen LogP contribution >= 0.6 is 0 Å². The minimum Gasteiger partial charge on any atom is -0.313 e. The van der Waals surface area contributed by atoms with Crippen molar-refractivity contribution in [1.82, 2.24) is 10.3 Å². The summed E-state index contributed by atoms with van der Waals surface area (Å²) in [6.45, 7) is 8.39. The summed E-state index contributed by atoms with van der Waals surface area (Å²) in [6.07, 6.45) is 5.05. The summed E-state index contributed by atoms with van der Waals surface area (Å²) < 4.78 is 0. The van der Waals surface area contributed by atoms with E-state index in [1.807, 2.05) is 12.4 Å². The van der Waals surface area contributed by atoms with Crippen molar-refractivity contribution in [1.29, 1.82) is 0 Å². The molecule has 0 unspecified atom stereocenters. The summed E-state index contributed by atoms with van der Waals surface area (Å²) >= 11 is 0. The van der Waals surface area contributed by atoms with Gasteiger partial charge in [-0.25, -0.2) is 0 Å². The van der Waals surface area contributed by atoms with Crippen molar-refractivity contribution in [3.8, 4) is 11.1 Å². The number of hydrogen-bond acceptors (Lipinski definition) is 2. The smallest absolute Gasteiger partial charge is 0.0346 e. The van der Waals surface area contributed by atoms with Crippen molar-refractivity contribution < 1.29 is 0 Å². The first-order valence-corrected chi connectivity index (χ1v) is 6.93. The molecular weight excluding hydrogens is 232 g/mol. The molecule has 100 valence electrons. The van der Waals surface area contributed by atoms with Gasteiger partial charge < -0.3 is 5.32 Å². The Morgan fingerprint density at radius 2 is 1.95 bits per heavy atom. The first-order valence-electron chi connectivity index (χ1n) is 6.93. The highest BCUT2D eigenvalue weighted by Gasteiger charge is 2.04. The molecule has 0 amide bonds. The van der Waals surface area contributed by atoms with Gasteiger partial charge in [-0.2, -0.15) is 0 Å². The second-order valence-electron chi connectivity index (χ2n) is 5.08. The van der Waals surface area contributed by atoms with Gasteiger partial charge in [0.15, 0.2) is 0 Å². The molecule has 2 rings (SSSR count). The second kappa shape index (κ2) is 6.48. The summed E-state index contributed by atoms with van der Waals surface area (Å²) in [7, 11) is 0. The molecule has 0 bridgehead atoms. The van der Waals surface area contributed by atoms with Gasteiger partial charge >= 0.3 is 0 Å². The Kier molecular flexibility index (Phi) is 4.69.